The monoisotopic (exact) mass is 342 g/mol. The molecule has 0 atom stereocenters. The van der Waals surface area contributed by atoms with Gasteiger partial charge in [0.15, 0.2) is 6.61 Å². The average molecular weight is 343 g/mol. The Labute approximate surface area is 146 Å². The molecule has 2 aromatic rings. The lowest BCUT2D eigenvalue weighted by molar-refractivity contribution is -0.123. The molecule has 0 heterocycles. The van der Waals surface area contributed by atoms with Gasteiger partial charge in [-0.2, -0.15) is 5.10 Å². The molecule has 0 unspecified atom stereocenters. The Bertz CT molecular complexity index is 770. The van der Waals surface area contributed by atoms with Crippen LogP contribution in [0.1, 0.15) is 16.7 Å². The quantitative estimate of drug-likeness (QED) is 0.633. The molecular formula is C19H19ClN2O2. The van der Waals surface area contributed by atoms with Crippen LogP contribution in [-0.4, -0.2) is 18.7 Å². The molecule has 0 aliphatic carbocycles. The molecule has 0 bridgehead atoms. The van der Waals surface area contributed by atoms with E-state index in [1.807, 2.05) is 62.4 Å². The van der Waals surface area contributed by atoms with Gasteiger partial charge in [0.25, 0.3) is 5.91 Å². The number of aryl methyl sites for hydroxylation is 1. The Kier molecular flexibility index (Phi) is 6.58. The lowest BCUT2D eigenvalue weighted by atomic mass is 10.1. The number of amides is 1. The molecule has 0 radical (unpaired) electrons. The molecule has 4 nitrogen and oxygen atoms in total. The molecule has 1 amide bonds. The van der Waals surface area contributed by atoms with Crippen molar-refractivity contribution in [2.45, 2.75) is 13.8 Å². The van der Waals surface area contributed by atoms with Crippen LogP contribution in [0.2, 0.25) is 5.02 Å². The predicted octanol–water partition coefficient (Wildman–Crippen LogP) is 4.15. The fraction of sp³-hybridized carbons (Fsp3) is 0.158. The standard InChI is InChI=1S/C19H19ClN2O2/c1-14-7-5-11-18(15(14)2)24-13-19(23)22-21-12-6-9-16-8-3-4-10-17(16)20/h3-12H,13H2,1-2H3,(H,22,23). The van der Waals surface area contributed by atoms with Gasteiger partial charge >= 0.3 is 0 Å². The highest BCUT2D eigenvalue weighted by molar-refractivity contribution is 6.32. The minimum absolute atomic E-state index is 0.0874. The van der Waals surface area contributed by atoms with Crippen LogP contribution < -0.4 is 10.2 Å². The summed E-state index contributed by atoms with van der Waals surface area (Å²) >= 11 is 6.03. The van der Waals surface area contributed by atoms with E-state index in [0.29, 0.717) is 10.8 Å². The summed E-state index contributed by atoms with van der Waals surface area (Å²) in [4.78, 5) is 11.7. The molecule has 2 rings (SSSR count). The van der Waals surface area contributed by atoms with Crippen LogP contribution in [0.5, 0.6) is 5.75 Å². The molecule has 0 spiro atoms. The van der Waals surface area contributed by atoms with E-state index in [2.05, 4.69) is 10.5 Å². The van der Waals surface area contributed by atoms with E-state index in [1.54, 1.807) is 6.08 Å². The summed E-state index contributed by atoms with van der Waals surface area (Å²) in [5, 5.41) is 4.49. The first-order valence-corrected chi connectivity index (χ1v) is 7.88. The molecule has 124 valence electrons. The zero-order valence-electron chi connectivity index (χ0n) is 13.6. The molecule has 24 heavy (non-hydrogen) atoms. The van der Waals surface area contributed by atoms with Gasteiger partial charge in [-0.25, -0.2) is 5.43 Å². The van der Waals surface area contributed by atoms with Gasteiger partial charge < -0.3 is 4.74 Å². The third-order valence-corrected chi connectivity index (χ3v) is 3.79. The second kappa shape index (κ2) is 8.89. The van der Waals surface area contributed by atoms with Crippen LogP contribution >= 0.6 is 11.6 Å². The van der Waals surface area contributed by atoms with Gasteiger partial charge in [-0.05, 0) is 48.7 Å². The molecule has 0 aliphatic heterocycles. The lowest BCUT2D eigenvalue weighted by Gasteiger charge is -2.09. The molecular weight excluding hydrogens is 324 g/mol. The number of nitrogens with zero attached hydrogens (tertiary/aromatic N) is 1. The largest absolute Gasteiger partial charge is 0.483 e. The third-order valence-electron chi connectivity index (χ3n) is 3.44. The van der Waals surface area contributed by atoms with Gasteiger partial charge in [0.1, 0.15) is 5.75 Å². The molecule has 5 heteroatoms. The molecule has 0 aliphatic rings. The minimum Gasteiger partial charge on any atom is -0.483 e. The van der Waals surface area contributed by atoms with Crippen molar-refractivity contribution in [3.05, 3.63) is 70.3 Å². The second-order valence-electron chi connectivity index (χ2n) is 5.18. The maximum Gasteiger partial charge on any atom is 0.277 e. The molecule has 2 aromatic carbocycles. The van der Waals surface area contributed by atoms with Crippen LogP contribution in [-0.2, 0) is 4.79 Å². The van der Waals surface area contributed by atoms with E-state index in [-0.39, 0.29) is 12.5 Å². The van der Waals surface area contributed by atoms with Crippen LogP contribution in [0, 0.1) is 13.8 Å². The van der Waals surface area contributed by atoms with Crippen molar-refractivity contribution in [1.82, 2.24) is 5.43 Å². The highest BCUT2D eigenvalue weighted by Crippen LogP contribution is 2.20. The van der Waals surface area contributed by atoms with E-state index in [9.17, 15) is 4.79 Å². The van der Waals surface area contributed by atoms with Crippen molar-refractivity contribution in [2.75, 3.05) is 6.61 Å². The first-order valence-electron chi connectivity index (χ1n) is 7.50. The Morgan fingerprint density at radius 3 is 2.79 bits per heavy atom. The summed E-state index contributed by atoms with van der Waals surface area (Å²) in [5.41, 5.74) is 5.44. The van der Waals surface area contributed by atoms with Crippen molar-refractivity contribution in [1.29, 1.82) is 0 Å². The maximum absolute atomic E-state index is 11.7. The Morgan fingerprint density at radius 1 is 1.21 bits per heavy atom. The molecule has 0 fully saturated rings. The summed E-state index contributed by atoms with van der Waals surface area (Å²) in [6.07, 6.45) is 5.00. The zero-order valence-corrected chi connectivity index (χ0v) is 14.4. The topological polar surface area (TPSA) is 50.7 Å². The number of halogens is 1. The number of hydrazone groups is 1. The average Bonchev–Trinajstić information content (AvgIpc) is 2.57. The predicted molar refractivity (Wildman–Crippen MR) is 98.5 cm³/mol. The zero-order chi connectivity index (χ0) is 17.4. The number of hydrogen-bond acceptors (Lipinski definition) is 3. The van der Waals surface area contributed by atoms with Crippen molar-refractivity contribution < 1.29 is 9.53 Å². The van der Waals surface area contributed by atoms with Gasteiger partial charge in [0.05, 0.1) is 0 Å². The fourth-order valence-corrected chi connectivity index (χ4v) is 2.16. The van der Waals surface area contributed by atoms with E-state index >= 15 is 0 Å². The lowest BCUT2D eigenvalue weighted by Crippen LogP contribution is -2.24. The normalized spacial score (nSPS) is 11.1. The van der Waals surface area contributed by atoms with Crippen molar-refractivity contribution >= 4 is 29.8 Å². The molecule has 0 saturated carbocycles. The summed E-state index contributed by atoms with van der Waals surface area (Å²) in [6, 6.07) is 13.2. The number of hydrogen-bond donors (Lipinski definition) is 1. The summed E-state index contributed by atoms with van der Waals surface area (Å²) in [5.74, 6) is 0.381. The van der Waals surface area contributed by atoms with E-state index in [0.717, 1.165) is 16.7 Å². The highest BCUT2D eigenvalue weighted by atomic mass is 35.5. The number of rotatable bonds is 6. The number of allylic oxidation sites excluding steroid dienone is 1. The van der Waals surface area contributed by atoms with Gasteiger partial charge in [0, 0.05) is 11.2 Å². The Balaban J connectivity index is 1.79. The second-order valence-corrected chi connectivity index (χ2v) is 5.59. The highest BCUT2D eigenvalue weighted by Gasteiger charge is 2.04. The molecule has 0 aromatic heterocycles. The first-order chi connectivity index (χ1) is 11.6. The van der Waals surface area contributed by atoms with E-state index < -0.39 is 0 Å². The van der Waals surface area contributed by atoms with Crippen LogP contribution in [0.3, 0.4) is 0 Å². The Hall–Kier alpha value is -2.59. The minimum atomic E-state index is -0.321. The molecule has 1 N–H and O–H groups in total. The number of nitrogens with one attached hydrogen (secondary N) is 1. The van der Waals surface area contributed by atoms with E-state index in [4.69, 9.17) is 16.3 Å². The van der Waals surface area contributed by atoms with Crippen molar-refractivity contribution in [2.24, 2.45) is 5.10 Å². The van der Waals surface area contributed by atoms with Gasteiger partial charge in [0.2, 0.25) is 0 Å². The van der Waals surface area contributed by atoms with Gasteiger partial charge in [-0.1, -0.05) is 48.0 Å². The van der Waals surface area contributed by atoms with Crippen LogP contribution in [0.25, 0.3) is 6.08 Å². The summed E-state index contributed by atoms with van der Waals surface area (Å²) in [7, 11) is 0. The number of benzene rings is 2. The van der Waals surface area contributed by atoms with E-state index in [1.165, 1.54) is 6.21 Å². The summed E-state index contributed by atoms with van der Waals surface area (Å²) in [6.45, 7) is 3.87. The number of carbonyl (C=O) groups is 1. The molecule has 0 saturated heterocycles. The smallest absolute Gasteiger partial charge is 0.277 e. The van der Waals surface area contributed by atoms with Crippen LogP contribution in [0.15, 0.2) is 53.6 Å². The van der Waals surface area contributed by atoms with Gasteiger partial charge in [-0.15, -0.1) is 0 Å². The van der Waals surface area contributed by atoms with Crippen molar-refractivity contribution in [3.63, 3.8) is 0 Å². The van der Waals surface area contributed by atoms with Gasteiger partial charge in [-0.3, -0.25) is 4.79 Å². The summed E-state index contributed by atoms with van der Waals surface area (Å²) < 4.78 is 5.50. The number of carbonyl (C=O) groups excluding carboxylic acids is 1. The van der Waals surface area contributed by atoms with Crippen molar-refractivity contribution in [3.8, 4) is 5.75 Å². The maximum atomic E-state index is 11.7. The fourth-order valence-electron chi connectivity index (χ4n) is 1.97. The Morgan fingerprint density at radius 2 is 2.00 bits per heavy atom. The number of ether oxygens (including phenoxy) is 1. The van der Waals surface area contributed by atoms with Crippen LogP contribution in [0.4, 0.5) is 0 Å². The first kappa shape index (κ1) is 17.8. The third kappa shape index (κ3) is 5.25. The SMILES string of the molecule is Cc1cccc(OCC(=O)NN=CC=Cc2ccccc2Cl)c1C.